The van der Waals surface area contributed by atoms with Crippen LogP contribution >= 0.6 is 0 Å². The minimum atomic E-state index is -0.504. The third kappa shape index (κ3) is 5.91. The Hall–Kier alpha value is -3.44. The summed E-state index contributed by atoms with van der Waals surface area (Å²) in [6.07, 6.45) is 3.37. The van der Waals surface area contributed by atoms with E-state index in [-0.39, 0.29) is 11.8 Å². The van der Waals surface area contributed by atoms with E-state index in [1.54, 1.807) is 0 Å². The van der Waals surface area contributed by atoms with Gasteiger partial charge in [0.15, 0.2) is 0 Å². The molecule has 1 heterocycles. The fourth-order valence-electron chi connectivity index (χ4n) is 4.35. The highest BCUT2D eigenvalue weighted by molar-refractivity contribution is 5.96. The Labute approximate surface area is 202 Å². The number of hydrogen-bond acceptors (Lipinski definition) is 3. The summed E-state index contributed by atoms with van der Waals surface area (Å²) in [5, 5.41) is 6.51. The molecule has 0 aliphatic carbocycles. The van der Waals surface area contributed by atoms with E-state index >= 15 is 0 Å². The average molecular weight is 456 g/mol. The number of benzene rings is 3. The lowest BCUT2D eigenvalue weighted by Gasteiger charge is -2.26. The summed E-state index contributed by atoms with van der Waals surface area (Å²) in [6, 6.07) is 23.0. The van der Waals surface area contributed by atoms with Crippen LogP contribution in [0.5, 0.6) is 0 Å². The van der Waals surface area contributed by atoms with E-state index in [9.17, 15) is 9.59 Å². The highest BCUT2D eigenvalue weighted by Gasteiger charge is 2.21. The van der Waals surface area contributed by atoms with Gasteiger partial charge < -0.3 is 10.2 Å². The van der Waals surface area contributed by atoms with Gasteiger partial charge in [-0.25, -0.2) is 0 Å². The Morgan fingerprint density at radius 2 is 1.59 bits per heavy atom. The first kappa shape index (κ1) is 23.7. The van der Waals surface area contributed by atoms with E-state index in [2.05, 4.69) is 10.6 Å². The average Bonchev–Trinajstić information content (AvgIpc) is 2.87. The fourth-order valence-corrected chi connectivity index (χ4v) is 4.35. The van der Waals surface area contributed by atoms with Crippen molar-refractivity contribution in [2.24, 2.45) is 0 Å². The molecule has 1 aliphatic heterocycles. The van der Waals surface area contributed by atoms with E-state index in [4.69, 9.17) is 0 Å². The third-order valence-corrected chi connectivity index (χ3v) is 6.40. The molecular formula is C29H33N3O2. The number of rotatable bonds is 7. The number of amides is 2. The monoisotopic (exact) mass is 455 g/mol. The Bertz CT molecular complexity index is 1120. The third-order valence-electron chi connectivity index (χ3n) is 6.40. The van der Waals surface area contributed by atoms with Crippen LogP contribution in [0.15, 0.2) is 72.8 Å². The molecule has 2 N–H and O–H groups in total. The zero-order valence-electron chi connectivity index (χ0n) is 20.0. The predicted octanol–water partition coefficient (Wildman–Crippen LogP) is 5.40. The van der Waals surface area contributed by atoms with Gasteiger partial charge in [-0.1, -0.05) is 54.6 Å². The highest BCUT2D eigenvalue weighted by Crippen LogP contribution is 2.21. The molecule has 1 aliphatic rings. The van der Waals surface area contributed by atoms with Crippen molar-refractivity contribution in [3.05, 3.63) is 101 Å². The van der Waals surface area contributed by atoms with Crippen LogP contribution in [0.1, 0.15) is 57.9 Å². The molecule has 34 heavy (non-hydrogen) atoms. The molecular weight excluding hydrogens is 422 g/mol. The molecule has 3 aromatic rings. The van der Waals surface area contributed by atoms with Gasteiger partial charge in [0.25, 0.3) is 5.91 Å². The number of carbonyl (C=O) groups excluding carboxylic acids is 2. The minimum Gasteiger partial charge on any atom is -0.339 e. The van der Waals surface area contributed by atoms with E-state index in [0.717, 1.165) is 59.4 Å². The highest BCUT2D eigenvalue weighted by atomic mass is 16.2. The van der Waals surface area contributed by atoms with Gasteiger partial charge in [0.1, 0.15) is 6.04 Å². The van der Waals surface area contributed by atoms with Crippen molar-refractivity contribution >= 4 is 17.5 Å². The number of anilines is 1. The van der Waals surface area contributed by atoms with Gasteiger partial charge >= 0.3 is 0 Å². The summed E-state index contributed by atoms with van der Waals surface area (Å²) in [6.45, 7) is 6.21. The quantitative estimate of drug-likeness (QED) is 0.502. The first-order chi connectivity index (χ1) is 16.5. The first-order valence-electron chi connectivity index (χ1n) is 12.1. The Morgan fingerprint density at radius 1 is 0.882 bits per heavy atom. The van der Waals surface area contributed by atoms with Crippen molar-refractivity contribution in [3.63, 3.8) is 0 Å². The lowest BCUT2D eigenvalue weighted by molar-refractivity contribution is -0.118. The SMILES string of the molecule is Cc1ccc(C)c(NC(=O)[C@H](NCc2ccc(C(=O)N3CCCCC3)cc2)c2ccccc2)c1. The first-order valence-corrected chi connectivity index (χ1v) is 12.1. The van der Waals surface area contributed by atoms with Crippen LogP contribution in [0.2, 0.25) is 0 Å². The molecule has 0 unspecified atom stereocenters. The molecule has 5 nitrogen and oxygen atoms in total. The largest absolute Gasteiger partial charge is 0.339 e. The van der Waals surface area contributed by atoms with E-state index in [0.29, 0.717) is 6.54 Å². The second-order valence-electron chi connectivity index (χ2n) is 9.08. The molecule has 5 heteroatoms. The lowest BCUT2D eigenvalue weighted by Crippen LogP contribution is -2.35. The van der Waals surface area contributed by atoms with Crippen LogP contribution in [0, 0.1) is 13.8 Å². The van der Waals surface area contributed by atoms with Gasteiger partial charge in [0.05, 0.1) is 0 Å². The van der Waals surface area contributed by atoms with E-state index in [1.807, 2.05) is 91.5 Å². The number of hydrogen-bond donors (Lipinski definition) is 2. The molecule has 1 fully saturated rings. The van der Waals surface area contributed by atoms with Crippen LogP contribution in [-0.4, -0.2) is 29.8 Å². The van der Waals surface area contributed by atoms with Crippen molar-refractivity contribution in [3.8, 4) is 0 Å². The Morgan fingerprint density at radius 3 is 2.29 bits per heavy atom. The molecule has 4 rings (SSSR count). The smallest absolute Gasteiger partial charge is 0.253 e. The summed E-state index contributed by atoms with van der Waals surface area (Å²) < 4.78 is 0. The Kier molecular flexibility index (Phi) is 7.76. The molecule has 176 valence electrons. The molecule has 0 saturated carbocycles. The second kappa shape index (κ2) is 11.1. The van der Waals surface area contributed by atoms with Crippen LogP contribution in [0.4, 0.5) is 5.69 Å². The maximum absolute atomic E-state index is 13.3. The maximum Gasteiger partial charge on any atom is 0.253 e. The molecule has 0 bridgehead atoms. The summed E-state index contributed by atoms with van der Waals surface area (Å²) in [4.78, 5) is 28.0. The molecule has 0 radical (unpaired) electrons. The Balaban J connectivity index is 1.45. The number of aryl methyl sites for hydroxylation is 2. The van der Waals surface area contributed by atoms with Crippen LogP contribution in [0.3, 0.4) is 0 Å². The van der Waals surface area contributed by atoms with Crippen LogP contribution in [-0.2, 0) is 11.3 Å². The predicted molar refractivity (Wildman–Crippen MR) is 137 cm³/mol. The number of likely N-dealkylation sites (tertiary alicyclic amines) is 1. The molecule has 1 saturated heterocycles. The van der Waals surface area contributed by atoms with Crippen LogP contribution < -0.4 is 10.6 Å². The second-order valence-corrected chi connectivity index (χ2v) is 9.08. The van der Waals surface area contributed by atoms with Crippen molar-refractivity contribution < 1.29 is 9.59 Å². The van der Waals surface area contributed by atoms with E-state index < -0.39 is 6.04 Å². The van der Waals surface area contributed by atoms with Gasteiger partial charge in [-0.2, -0.15) is 0 Å². The van der Waals surface area contributed by atoms with Gasteiger partial charge in [-0.3, -0.25) is 14.9 Å². The number of piperidine rings is 1. The zero-order valence-corrected chi connectivity index (χ0v) is 20.0. The molecule has 0 aromatic heterocycles. The van der Waals surface area contributed by atoms with Gasteiger partial charge in [-0.15, -0.1) is 0 Å². The van der Waals surface area contributed by atoms with Crippen LogP contribution in [0.25, 0.3) is 0 Å². The van der Waals surface area contributed by atoms with Crippen molar-refractivity contribution in [2.75, 3.05) is 18.4 Å². The minimum absolute atomic E-state index is 0.100. The van der Waals surface area contributed by atoms with E-state index in [1.165, 1.54) is 6.42 Å². The lowest BCUT2D eigenvalue weighted by atomic mass is 10.0. The van der Waals surface area contributed by atoms with Gasteiger partial charge in [0.2, 0.25) is 5.91 Å². The number of nitrogens with zero attached hydrogens (tertiary/aromatic N) is 1. The standard InChI is InChI=1S/C29H33N3O2/c1-21-11-12-22(2)26(19-21)31-28(33)27(24-9-5-3-6-10-24)30-20-23-13-15-25(16-14-23)29(34)32-17-7-4-8-18-32/h3,5-6,9-16,19,27,30H,4,7-8,17-18,20H2,1-2H3,(H,31,33)/t27-/m1/s1. The summed E-state index contributed by atoms with van der Waals surface area (Å²) in [5.74, 6) is 0.00562. The number of carbonyl (C=O) groups is 2. The normalized spacial score (nSPS) is 14.5. The van der Waals surface area contributed by atoms with Crippen molar-refractivity contribution in [1.82, 2.24) is 10.2 Å². The van der Waals surface area contributed by atoms with Gasteiger partial charge in [-0.05, 0) is 73.6 Å². The summed E-state index contributed by atoms with van der Waals surface area (Å²) >= 11 is 0. The maximum atomic E-state index is 13.3. The molecule has 1 atom stereocenters. The topological polar surface area (TPSA) is 61.4 Å². The van der Waals surface area contributed by atoms with Gasteiger partial charge in [0, 0.05) is 30.9 Å². The fraction of sp³-hybridized carbons (Fsp3) is 0.310. The molecule has 2 amide bonds. The van der Waals surface area contributed by atoms with Crippen molar-refractivity contribution in [2.45, 2.75) is 45.7 Å². The molecule has 3 aromatic carbocycles. The summed E-state index contributed by atoms with van der Waals surface area (Å²) in [7, 11) is 0. The van der Waals surface area contributed by atoms with Crippen molar-refractivity contribution in [1.29, 1.82) is 0 Å². The summed E-state index contributed by atoms with van der Waals surface area (Å²) in [5.41, 5.74) is 5.60. The number of nitrogens with one attached hydrogen (secondary N) is 2. The zero-order chi connectivity index (χ0) is 23.9. The molecule has 0 spiro atoms.